The highest BCUT2D eigenvalue weighted by Gasteiger charge is 2.04. The van der Waals surface area contributed by atoms with E-state index in [0.29, 0.717) is 18.0 Å². The summed E-state index contributed by atoms with van der Waals surface area (Å²) in [5.41, 5.74) is 9.50. The molecule has 0 aliphatic heterocycles. The molecule has 0 bridgehead atoms. The maximum Gasteiger partial charge on any atom is 0.179 e. The number of hydrogen-bond donors (Lipinski definition) is 3. The molecule has 0 saturated carbocycles. The number of aryl methyl sites for hydroxylation is 1. The van der Waals surface area contributed by atoms with Crippen molar-refractivity contribution in [3.05, 3.63) is 47.8 Å². The van der Waals surface area contributed by atoms with Gasteiger partial charge in [-0.15, -0.1) is 0 Å². The molecule has 0 radical (unpaired) electrons. The van der Waals surface area contributed by atoms with E-state index in [9.17, 15) is 0 Å². The van der Waals surface area contributed by atoms with Crippen LogP contribution < -0.4 is 11.1 Å². The second-order valence-electron chi connectivity index (χ2n) is 4.51. The highest BCUT2D eigenvalue weighted by Crippen LogP contribution is 2.13. The Morgan fingerprint density at radius 1 is 1.11 bits per heavy atom. The second-order valence-corrected chi connectivity index (χ2v) is 4.51. The Hall–Kier alpha value is -2.56. The minimum absolute atomic E-state index is 0.483. The number of pyridine rings is 1. The zero-order valence-corrected chi connectivity index (χ0v) is 10.6. The van der Waals surface area contributed by atoms with E-state index in [0.717, 1.165) is 17.0 Å². The Labute approximate surface area is 110 Å². The number of H-pyrrole nitrogens is 1. The van der Waals surface area contributed by atoms with Crippen LogP contribution in [0.4, 0.5) is 11.5 Å². The molecule has 5 nitrogen and oxygen atoms in total. The Kier molecular flexibility index (Phi) is 2.79. The van der Waals surface area contributed by atoms with E-state index in [2.05, 4.69) is 39.3 Å². The number of rotatable bonds is 3. The Morgan fingerprint density at radius 2 is 1.89 bits per heavy atom. The van der Waals surface area contributed by atoms with Crippen molar-refractivity contribution in [2.24, 2.45) is 0 Å². The lowest BCUT2D eigenvalue weighted by Crippen LogP contribution is -2.00. The predicted octanol–water partition coefficient (Wildman–Crippen LogP) is 2.46. The van der Waals surface area contributed by atoms with E-state index < -0.39 is 0 Å². The van der Waals surface area contributed by atoms with Gasteiger partial charge < -0.3 is 16.0 Å². The highest BCUT2D eigenvalue weighted by atomic mass is 15.0. The zero-order valence-electron chi connectivity index (χ0n) is 10.6. The number of anilines is 2. The average molecular weight is 253 g/mol. The molecule has 0 amide bonds. The van der Waals surface area contributed by atoms with Gasteiger partial charge in [0.15, 0.2) is 5.65 Å². The van der Waals surface area contributed by atoms with Crippen molar-refractivity contribution in [1.29, 1.82) is 0 Å². The molecule has 5 heteroatoms. The fraction of sp³-hybridized carbons (Fsp3) is 0.143. The molecule has 0 aliphatic rings. The largest absolute Gasteiger partial charge is 0.384 e. The Balaban J connectivity index is 1.76. The molecule has 0 fully saturated rings. The van der Waals surface area contributed by atoms with Crippen molar-refractivity contribution in [3.8, 4) is 0 Å². The van der Waals surface area contributed by atoms with Crippen molar-refractivity contribution in [2.75, 3.05) is 11.1 Å². The van der Waals surface area contributed by atoms with E-state index in [1.165, 1.54) is 5.56 Å². The number of nitrogens with zero attached hydrogens (tertiary/aromatic N) is 2. The predicted molar refractivity (Wildman–Crippen MR) is 76.8 cm³/mol. The standard InChI is InChI=1S/C14H15N5/c1-9-2-4-10(5-3-9)16-8-13-17-11-6-7-12(15)18-14(11)19-13/h2-7,16H,8H2,1H3,(H3,15,17,18,19). The molecule has 0 spiro atoms. The molecule has 19 heavy (non-hydrogen) atoms. The number of nitrogen functional groups attached to an aromatic ring is 1. The average Bonchev–Trinajstić information content (AvgIpc) is 2.80. The van der Waals surface area contributed by atoms with Crippen LogP contribution in [0.3, 0.4) is 0 Å². The lowest BCUT2D eigenvalue weighted by Gasteiger charge is -2.04. The summed E-state index contributed by atoms with van der Waals surface area (Å²) >= 11 is 0. The molecule has 4 N–H and O–H groups in total. The van der Waals surface area contributed by atoms with Gasteiger partial charge in [0.25, 0.3) is 0 Å². The fourth-order valence-corrected chi connectivity index (χ4v) is 1.90. The van der Waals surface area contributed by atoms with E-state index in [4.69, 9.17) is 5.73 Å². The summed E-state index contributed by atoms with van der Waals surface area (Å²) in [6, 6.07) is 11.9. The number of nitrogens with one attached hydrogen (secondary N) is 2. The molecule has 0 aliphatic carbocycles. The van der Waals surface area contributed by atoms with Gasteiger partial charge in [0.2, 0.25) is 0 Å². The van der Waals surface area contributed by atoms with E-state index >= 15 is 0 Å². The van der Waals surface area contributed by atoms with Gasteiger partial charge in [0, 0.05) is 5.69 Å². The number of fused-ring (bicyclic) bond motifs is 1. The second kappa shape index (κ2) is 4.61. The minimum Gasteiger partial charge on any atom is -0.384 e. The van der Waals surface area contributed by atoms with Crippen LogP contribution in [0.2, 0.25) is 0 Å². The smallest absolute Gasteiger partial charge is 0.179 e. The summed E-state index contributed by atoms with van der Waals surface area (Å²) in [7, 11) is 0. The SMILES string of the molecule is Cc1ccc(NCc2nc3nc(N)ccc3[nH]2)cc1. The zero-order chi connectivity index (χ0) is 13.2. The highest BCUT2D eigenvalue weighted by molar-refractivity contribution is 5.72. The lowest BCUT2D eigenvalue weighted by atomic mass is 10.2. The topological polar surface area (TPSA) is 79.6 Å². The van der Waals surface area contributed by atoms with Crippen molar-refractivity contribution < 1.29 is 0 Å². The number of aromatic amines is 1. The van der Waals surface area contributed by atoms with Crippen molar-refractivity contribution in [2.45, 2.75) is 13.5 Å². The molecule has 0 unspecified atom stereocenters. The summed E-state index contributed by atoms with van der Waals surface area (Å²) in [6.45, 7) is 2.69. The van der Waals surface area contributed by atoms with Crippen LogP contribution in [-0.4, -0.2) is 15.0 Å². The quantitative estimate of drug-likeness (QED) is 0.670. The molecule has 2 heterocycles. The molecule has 1 aromatic carbocycles. The van der Waals surface area contributed by atoms with E-state index in [-0.39, 0.29) is 0 Å². The summed E-state index contributed by atoms with van der Waals surface area (Å²) in [5, 5.41) is 3.31. The molecular formula is C14H15N5. The van der Waals surface area contributed by atoms with Gasteiger partial charge in [0.05, 0.1) is 12.1 Å². The van der Waals surface area contributed by atoms with Crippen molar-refractivity contribution in [1.82, 2.24) is 15.0 Å². The first-order valence-corrected chi connectivity index (χ1v) is 6.12. The Bertz CT molecular complexity index is 699. The van der Waals surface area contributed by atoms with Crippen LogP contribution in [0.15, 0.2) is 36.4 Å². The molecular weight excluding hydrogens is 238 g/mol. The summed E-state index contributed by atoms with van der Waals surface area (Å²) < 4.78 is 0. The Morgan fingerprint density at radius 3 is 2.68 bits per heavy atom. The van der Waals surface area contributed by atoms with Gasteiger partial charge in [-0.2, -0.15) is 0 Å². The number of benzene rings is 1. The van der Waals surface area contributed by atoms with Gasteiger partial charge >= 0.3 is 0 Å². The maximum atomic E-state index is 5.63. The normalized spacial score (nSPS) is 10.8. The van der Waals surface area contributed by atoms with Gasteiger partial charge in [-0.05, 0) is 31.2 Å². The van der Waals surface area contributed by atoms with Gasteiger partial charge in [-0.1, -0.05) is 17.7 Å². The third-order valence-electron chi connectivity index (χ3n) is 2.93. The van der Waals surface area contributed by atoms with Crippen molar-refractivity contribution in [3.63, 3.8) is 0 Å². The number of imidazole rings is 1. The third kappa shape index (κ3) is 2.49. The third-order valence-corrected chi connectivity index (χ3v) is 2.93. The van der Waals surface area contributed by atoms with Crippen LogP contribution in [0.25, 0.3) is 11.2 Å². The molecule has 3 rings (SSSR count). The van der Waals surface area contributed by atoms with Crippen LogP contribution in [0.1, 0.15) is 11.4 Å². The first-order valence-electron chi connectivity index (χ1n) is 6.12. The molecule has 0 saturated heterocycles. The van der Waals surface area contributed by atoms with Crippen LogP contribution in [-0.2, 0) is 6.54 Å². The summed E-state index contributed by atoms with van der Waals surface area (Å²) in [5.74, 6) is 1.32. The molecule has 2 aromatic heterocycles. The number of hydrogen-bond acceptors (Lipinski definition) is 4. The lowest BCUT2D eigenvalue weighted by molar-refractivity contribution is 1.01. The fourth-order valence-electron chi connectivity index (χ4n) is 1.90. The van der Waals surface area contributed by atoms with Gasteiger partial charge in [-0.25, -0.2) is 9.97 Å². The van der Waals surface area contributed by atoms with E-state index in [1.807, 2.05) is 18.2 Å². The van der Waals surface area contributed by atoms with Crippen molar-refractivity contribution >= 4 is 22.7 Å². The maximum absolute atomic E-state index is 5.63. The van der Waals surface area contributed by atoms with E-state index in [1.54, 1.807) is 6.07 Å². The van der Waals surface area contributed by atoms with Crippen LogP contribution in [0, 0.1) is 6.92 Å². The van der Waals surface area contributed by atoms with Gasteiger partial charge in [-0.3, -0.25) is 0 Å². The monoisotopic (exact) mass is 253 g/mol. The first kappa shape index (κ1) is 11.5. The summed E-state index contributed by atoms with van der Waals surface area (Å²) in [4.78, 5) is 11.8. The van der Waals surface area contributed by atoms with Gasteiger partial charge in [0.1, 0.15) is 11.6 Å². The first-order chi connectivity index (χ1) is 9.20. The number of aromatic nitrogens is 3. The molecule has 3 aromatic rings. The number of nitrogens with two attached hydrogens (primary N) is 1. The molecule has 96 valence electrons. The minimum atomic E-state index is 0.483. The van der Waals surface area contributed by atoms with Crippen LogP contribution >= 0.6 is 0 Å². The molecule has 0 atom stereocenters. The summed E-state index contributed by atoms with van der Waals surface area (Å²) in [6.07, 6.45) is 0. The van der Waals surface area contributed by atoms with Crippen LogP contribution in [0.5, 0.6) is 0 Å².